The van der Waals surface area contributed by atoms with Gasteiger partial charge in [0.1, 0.15) is 23.0 Å². The minimum atomic E-state index is -0.566. The largest absolute Gasteiger partial charge is 0.497 e. The van der Waals surface area contributed by atoms with Crippen LogP contribution in [-0.4, -0.2) is 25.7 Å². The first-order valence-corrected chi connectivity index (χ1v) is 20.4. The van der Waals surface area contributed by atoms with Gasteiger partial charge < -0.3 is 23.8 Å². The lowest BCUT2D eigenvalue weighted by molar-refractivity contribution is -0.136. The molecular formula is C54H51NO6. The molecule has 1 atom stereocenters. The maximum absolute atomic E-state index is 13.0. The van der Waals surface area contributed by atoms with Crippen LogP contribution in [0.2, 0.25) is 0 Å². The van der Waals surface area contributed by atoms with Gasteiger partial charge >= 0.3 is 11.9 Å². The van der Waals surface area contributed by atoms with Crippen molar-refractivity contribution >= 4 is 29.0 Å². The summed E-state index contributed by atoms with van der Waals surface area (Å²) in [5.41, 5.74) is 10.1. The van der Waals surface area contributed by atoms with Gasteiger partial charge in [-0.2, -0.15) is 0 Å². The number of methoxy groups -OCH3 is 1. The Morgan fingerprint density at radius 3 is 1.21 bits per heavy atom. The fourth-order valence-electron chi connectivity index (χ4n) is 7.60. The molecule has 0 saturated carbocycles. The number of carbonyl (C=O) groups is 2. The van der Waals surface area contributed by atoms with Gasteiger partial charge in [0, 0.05) is 34.8 Å². The molecule has 0 N–H and O–H groups in total. The van der Waals surface area contributed by atoms with Crippen molar-refractivity contribution in [2.45, 2.75) is 52.4 Å². The van der Waals surface area contributed by atoms with Gasteiger partial charge in [-0.3, -0.25) is 4.79 Å². The average molecular weight is 810 g/mol. The molecule has 308 valence electrons. The molecule has 0 saturated heterocycles. The predicted octanol–water partition coefficient (Wildman–Crippen LogP) is 12.4. The van der Waals surface area contributed by atoms with E-state index in [1.54, 1.807) is 19.2 Å². The first kappa shape index (κ1) is 42.0. The Morgan fingerprint density at radius 1 is 0.459 bits per heavy atom. The van der Waals surface area contributed by atoms with E-state index in [1.165, 1.54) is 18.1 Å². The van der Waals surface area contributed by atoms with Crippen molar-refractivity contribution in [1.82, 2.24) is 0 Å². The highest BCUT2D eigenvalue weighted by Gasteiger charge is 2.32. The quantitative estimate of drug-likeness (QED) is 0.0615. The number of esters is 2. The molecule has 0 radical (unpaired) electrons. The van der Waals surface area contributed by atoms with Gasteiger partial charge in [0.25, 0.3) is 0 Å². The number of hydrogen-bond donors (Lipinski definition) is 0. The second kappa shape index (κ2) is 18.0. The summed E-state index contributed by atoms with van der Waals surface area (Å²) in [7, 11) is 1.67. The van der Waals surface area contributed by atoms with Crippen LogP contribution in [0.25, 0.3) is 0 Å². The second-order valence-electron chi connectivity index (χ2n) is 16.0. The van der Waals surface area contributed by atoms with Crippen LogP contribution in [0.15, 0.2) is 170 Å². The Kier molecular flexibility index (Phi) is 12.4. The number of benzene rings is 7. The van der Waals surface area contributed by atoms with Gasteiger partial charge in [0.05, 0.1) is 7.11 Å². The Labute approximate surface area is 359 Å². The van der Waals surface area contributed by atoms with Gasteiger partial charge in [0.2, 0.25) is 0 Å². The van der Waals surface area contributed by atoms with Crippen molar-refractivity contribution in [2.75, 3.05) is 18.6 Å². The molecule has 7 aromatic carbocycles. The number of carbonyl (C=O) groups excluding carboxylic acids is 2. The van der Waals surface area contributed by atoms with Crippen LogP contribution in [0.5, 0.6) is 23.0 Å². The van der Waals surface area contributed by atoms with E-state index in [0.29, 0.717) is 17.2 Å². The van der Waals surface area contributed by atoms with E-state index in [-0.39, 0.29) is 18.0 Å². The topological polar surface area (TPSA) is 74.3 Å². The Hall–Kier alpha value is -7.12. The minimum Gasteiger partial charge on any atom is -0.497 e. The molecule has 7 rings (SSSR count). The van der Waals surface area contributed by atoms with E-state index in [4.69, 9.17) is 18.9 Å². The number of ether oxygens (including phenoxy) is 4. The average Bonchev–Trinajstić information content (AvgIpc) is 3.27. The molecule has 0 fully saturated rings. The van der Waals surface area contributed by atoms with E-state index in [9.17, 15) is 9.59 Å². The normalized spacial score (nSPS) is 12.2. The Balaban J connectivity index is 1.07. The molecule has 7 heteroatoms. The fraction of sp³-hybridized carbons (Fsp3) is 0.185. The molecule has 1 unspecified atom stereocenters. The highest BCUT2D eigenvalue weighted by molar-refractivity contribution is 5.77. The molecule has 0 aliphatic rings. The summed E-state index contributed by atoms with van der Waals surface area (Å²) in [6.45, 7) is 11.8. The summed E-state index contributed by atoms with van der Waals surface area (Å²) in [5, 5.41) is 0. The third kappa shape index (κ3) is 9.53. The third-order valence-electron chi connectivity index (χ3n) is 11.4. The van der Waals surface area contributed by atoms with Crippen LogP contribution in [0.1, 0.15) is 66.6 Å². The van der Waals surface area contributed by atoms with Crippen LogP contribution in [-0.2, 0) is 20.4 Å². The van der Waals surface area contributed by atoms with Crippen LogP contribution < -0.4 is 23.8 Å². The zero-order chi connectivity index (χ0) is 43.1. The number of nitrogens with zero attached hydrogens (tertiary/aromatic N) is 1. The monoisotopic (exact) mass is 809 g/mol. The van der Waals surface area contributed by atoms with E-state index in [2.05, 4.69) is 124 Å². The van der Waals surface area contributed by atoms with Gasteiger partial charge in [-0.15, -0.1) is 0 Å². The summed E-state index contributed by atoms with van der Waals surface area (Å²) in [6, 6.07) is 56.9. The maximum atomic E-state index is 13.0. The van der Waals surface area contributed by atoms with Crippen LogP contribution in [0.4, 0.5) is 17.1 Å². The fourth-order valence-corrected chi connectivity index (χ4v) is 7.60. The number of hydrogen-bond acceptors (Lipinski definition) is 7. The molecule has 0 bridgehead atoms. The summed E-state index contributed by atoms with van der Waals surface area (Å²) in [5.74, 6) is 1.40. The van der Waals surface area contributed by atoms with Crippen molar-refractivity contribution in [3.8, 4) is 23.0 Å². The van der Waals surface area contributed by atoms with E-state index in [1.807, 2.05) is 72.8 Å². The lowest BCUT2D eigenvalue weighted by Gasteiger charge is -2.33. The van der Waals surface area contributed by atoms with E-state index >= 15 is 0 Å². The highest BCUT2D eigenvalue weighted by Crippen LogP contribution is 2.42. The van der Waals surface area contributed by atoms with Crippen molar-refractivity contribution in [3.05, 3.63) is 209 Å². The predicted molar refractivity (Wildman–Crippen MR) is 243 cm³/mol. The number of aryl methyl sites for hydroxylation is 2. The molecule has 0 heterocycles. The zero-order valence-corrected chi connectivity index (χ0v) is 35.8. The van der Waals surface area contributed by atoms with Crippen molar-refractivity contribution in [3.63, 3.8) is 0 Å². The maximum Gasteiger partial charge on any atom is 0.349 e. The third-order valence-corrected chi connectivity index (χ3v) is 11.4. The molecule has 61 heavy (non-hydrogen) atoms. The second-order valence-corrected chi connectivity index (χ2v) is 16.0. The summed E-state index contributed by atoms with van der Waals surface area (Å²) >= 11 is 0. The number of anilines is 3. The Bertz CT molecular complexity index is 2520. The molecule has 0 amide bonds. The standard InChI is InChI=1S/C54H51NO6/c1-37-8-22-45(23-9-37)55(46-24-10-38(2)11-25-46)47-26-12-42(13-27-47)54(6,43-18-28-48(58-7)29-19-43)44-20-34-51(35-21-44)61-52(57)36-59-49-30-14-40(15-31-49)53(4,5)41-16-32-50(33-17-41)60-39(3)56/h8-35H,36H2,1-7H3. The van der Waals surface area contributed by atoms with E-state index in [0.717, 1.165) is 50.6 Å². The molecule has 0 spiro atoms. The van der Waals surface area contributed by atoms with Crippen molar-refractivity contribution < 1.29 is 28.5 Å². The Morgan fingerprint density at radius 2 is 0.803 bits per heavy atom. The minimum absolute atomic E-state index is 0.250. The summed E-state index contributed by atoms with van der Waals surface area (Å²) in [4.78, 5) is 26.6. The molecule has 0 aliphatic carbocycles. The molecular weight excluding hydrogens is 759 g/mol. The smallest absolute Gasteiger partial charge is 0.349 e. The molecule has 7 aromatic rings. The van der Waals surface area contributed by atoms with Gasteiger partial charge in [-0.25, -0.2) is 4.79 Å². The van der Waals surface area contributed by atoms with Crippen LogP contribution in [0, 0.1) is 13.8 Å². The molecule has 0 aliphatic heterocycles. The summed E-state index contributed by atoms with van der Waals surface area (Å²) < 4.78 is 22.3. The highest BCUT2D eigenvalue weighted by atomic mass is 16.6. The number of rotatable bonds is 14. The van der Waals surface area contributed by atoms with E-state index < -0.39 is 11.4 Å². The SMILES string of the molecule is COc1ccc(C(C)(c2ccc(OC(=O)COc3ccc(C(C)(C)c4ccc(OC(C)=O)cc4)cc3)cc2)c2ccc(N(c3ccc(C)cc3)c3ccc(C)cc3)cc2)cc1. The zero-order valence-electron chi connectivity index (χ0n) is 35.8. The van der Waals surface area contributed by atoms with Crippen LogP contribution >= 0.6 is 0 Å². The van der Waals surface area contributed by atoms with Crippen LogP contribution in [0.3, 0.4) is 0 Å². The summed E-state index contributed by atoms with van der Waals surface area (Å²) in [6.07, 6.45) is 0. The van der Waals surface area contributed by atoms with Gasteiger partial charge in [-0.1, -0.05) is 110 Å². The first-order chi connectivity index (χ1) is 29.3. The lowest BCUT2D eigenvalue weighted by Crippen LogP contribution is -2.25. The van der Waals surface area contributed by atoms with Gasteiger partial charge in [-0.05, 0) is 134 Å². The van der Waals surface area contributed by atoms with Gasteiger partial charge in [0.15, 0.2) is 6.61 Å². The molecule has 0 aromatic heterocycles. The van der Waals surface area contributed by atoms with Crippen molar-refractivity contribution in [2.24, 2.45) is 0 Å². The first-order valence-electron chi connectivity index (χ1n) is 20.4. The van der Waals surface area contributed by atoms with Crippen molar-refractivity contribution in [1.29, 1.82) is 0 Å². The molecule has 7 nitrogen and oxygen atoms in total. The lowest BCUT2D eigenvalue weighted by atomic mass is 9.71.